The first kappa shape index (κ1) is 20.1. The first-order chi connectivity index (χ1) is 13.3. The van der Waals surface area contributed by atoms with E-state index in [0.29, 0.717) is 6.61 Å². The fraction of sp³-hybridized carbons (Fsp3) is 0.435. The molecule has 0 aromatic heterocycles. The fourth-order valence-corrected chi connectivity index (χ4v) is 3.32. The van der Waals surface area contributed by atoms with Gasteiger partial charge in [0.25, 0.3) is 0 Å². The summed E-state index contributed by atoms with van der Waals surface area (Å²) in [6.07, 6.45) is 0.0434. The van der Waals surface area contributed by atoms with Gasteiger partial charge in [0.2, 0.25) is 0 Å². The summed E-state index contributed by atoms with van der Waals surface area (Å²) >= 11 is 0. The first-order valence-electron chi connectivity index (χ1n) is 9.54. The van der Waals surface area contributed by atoms with Gasteiger partial charge in [-0.2, -0.15) is 4.58 Å². The standard InChI is InChI=1S/C23H30NO4/c1-15(2)28-19-10-8-9-18(22-24(5)23(3,4)14-27-22)21(19)17-12-11-16(25-6)13-20(17)26-7/h8-13,15H,14H2,1-7H3/q+1. The van der Waals surface area contributed by atoms with Crippen LogP contribution in [-0.4, -0.2) is 50.0 Å². The highest BCUT2D eigenvalue weighted by Gasteiger charge is 2.41. The second-order valence-electron chi connectivity index (χ2n) is 7.88. The molecule has 0 atom stereocenters. The average molecular weight is 384 g/mol. The molecule has 5 heteroatoms. The number of likely N-dealkylation sites (N-methyl/N-ethyl adjacent to an activating group) is 1. The number of benzene rings is 2. The highest BCUT2D eigenvalue weighted by atomic mass is 16.5. The normalized spacial score (nSPS) is 15.6. The van der Waals surface area contributed by atoms with Crippen molar-refractivity contribution in [2.45, 2.75) is 39.3 Å². The van der Waals surface area contributed by atoms with Crippen LogP contribution in [0.5, 0.6) is 17.2 Å². The molecule has 0 radical (unpaired) electrons. The third kappa shape index (κ3) is 3.66. The van der Waals surface area contributed by atoms with E-state index in [9.17, 15) is 0 Å². The van der Waals surface area contributed by atoms with Crippen molar-refractivity contribution in [3.8, 4) is 28.4 Å². The molecule has 0 saturated carbocycles. The van der Waals surface area contributed by atoms with Gasteiger partial charge in [-0.3, -0.25) is 0 Å². The molecule has 0 N–H and O–H groups in total. The van der Waals surface area contributed by atoms with Crippen LogP contribution in [-0.2, 0) is 4.74 Å². The van der Waals surface area contributed by atoms with E-state index >= 15 is 0 Å². The number of ether oxygens (including phenoxy) is 4. The van der Waals surface area contributed by atoms with Gasteiger partial charge in [-0.25, -0.2) is 0 Å². The summed E-state index contributed by atoms with van der Waals surface area (Å²) in [5.74, 6) is 3.10. The molecule has 2 aromatic rings. The molecule has 0 amide bonds. The molecule has 0 fully saturated rings. The SMILES string of the molecule is COc1ccc(-c2c(OC(C)C)cccc2C2=[N+](C)C(C)(C)CO2)c(OC)c1. The Kier molecular flexibility index (Phi) is 5.54. The lowest BCUT2D eigenvalue weighted by Gasteiger charge is -2.19. The lowest BCUT2D eigenvalue weighted by molar-refractivity contribution is -0.562. The summed E-state index contributed by atoms with van der Waals surface area (Å²) in [7, 11) is 5.38. The number of nitrogens with zero attached hydrogens (tertiary/aromatic N) is 1. The maximum Gasteiger partial charge on any atom is 0.371 e. The van der Waals surface area contributed by atoms with Gasteiger partial charge in [0.1, 0.15) is 24.3 Å². The zero-order valence-electron chi connectivity index (χ0n) is 17.8. The van der Waals surface area contributed by atoms with Crippen LogP contribution < -0.4 is 14.2 Å². The quantitative estimate of drug-likeness (QED) is 0.694. The van der Waals surface area contributed by atoms with Crippen molar-refractivity contribution in [2.75, 3.05) is 27.9 Å². The Hall–Kier alpha value is -2.69. The monoisotopic (exact) mass is 384 g/mol. The molecule has 0 saturated heterocycles. The van der Waals surface area contributed by atoms with Crippen molar-refractivity contribution in [1.82, 2.24) is 0 Å². The van der Waals surface area contributed by atoms with Crippen LogP contribution in [0.15, 0.2) is 36.4 Å². The molecule has 3 rings (SSSR count). The summed E-state index contributed by atoms with van der Waals surface area (Å²) in [6, 6.07) is 11.9. The van der Waals surface area contributed by atoms with E-state index in [1.807, 2.05) is 44.2 Å². The van der Waals surface area contributed by atoms with Gasteiger partial charge in [0.15, 0.2) is 12.1 Å². The molecular formula is C23H30NO4+. The zero-order chi connectivity index (χ0) is 20.5. The van der Waals surface area contributed by atoms with Crippen LogP contribution in [0.4, 0.5) is 0 Å². The van der Waals surface area contributed by atoms with Crippen molar-refractivity contribution in [3.05, 3.63) is 42.0 Å². The summed E-state index contributed by atoms with van der Waals surface area (Å²) in [4.78, 5) is 0. The van der Waals surface area contributed by atoms with E-state index in [0.717, 1.165) is 39.8 Å². The van der Waals surface area contributed by atoms with Gasteiger partial charge in [-0.15, -0.1) is 0 Å². The van der Waals surface area contributed by atoms with Gasteiger partial charge in [0.05, 0.1) is 25.9 Å². The molecule has 0 bridgehead atoms. The van der Waals surface area contributed by atoms with Gasteiger partial charge in [0, 0.05) is 31.0 Å². The third-order valence-electron chi connectivity index (χ3n) is 5.07. The molecule has 2 aromatic carbocycles. The second-order valence-corrected chi connectivity index (χ2v) is 7.88. The number of hydrogen-bond acceptors (Lipinski definition) is 4. The van der Waals surface area contributed by atoms with Crippen LogP contribution in [0.3, 0.4) is 0 Å². The van der Waals surface area contributed by atoms with Crippen molar-refractivity contribution in [3.63, 3.8) is 0 Å². The molecule has 1 heterocycles. The van der Waals surface area contributed by atoms with Gasteiger partial charge in [-0.1, -0.05) is 6.07 Å². The lowest BCUT2D eigenvalue weighted by Crippen LogP contribution is -2.33. The zero-order valence-corrected chi connectivity index (χ0v) is 17.8. The molecule has 150 valence electrons. The minimum Gasteiger partial charge on any atom is -0.497 e. The number of hydrogen-bond donors (Lipinski definition) is 0. The minimum absolute atomic E-state index is 0.0434. The van der Waals surface area contributed by atoms with E-state index in [1.165, 1.54) is 0 Å². The van der Waals surface area contributed by atoms with Crippen molar-refractivity contribution in [1.29, 1.82) is 0 Å². The topological polar surface area (TPSA) is 39.9 Å². The molecule has 5 nitrogen and oxygen atoms in total. The molecule has 0 aliphatic carbocycles. The van der Waals surface area contributed by atoms with Crippen LogP contribution in [0.2, 0.25) is 0 Å². The smallest absolute Gasteiger partial charge is 0.371 e. The summed E-state index contributed by atoms with van der Waals surface area (Å²) in [5.41, 5.74) is 2.79. The predicted molar refractivity (Wildman–Crippen MR) is 111 cm³/mol. The number of rotatable bonds is 6. The van der Waals surface area contributed by atoms with E-state index in [1.54, 1.807) is 14.2 Å². The average Bonchev–Trinajstić information content (AvgIpc) is 2.93. The highest BCUT2D eigenvalue weighted by Crippen LogP contribution is 2.42. The van der Waals surface area contributed by atoms with Crippen molar-refractivity contribution >= 4 is 5.90 Å². The Balaban J connectivity index is 2.28. The first-order valence-corrected chi connectivity index (χ1v) is 9.54. The lowest BCUT2D eigenvalue weighted by atomic mass is 9.96. The molecular weight excluding hydrogens is 354 g/mol. The maximum atomic E-state index is 6.17. The molecule has 1 aliphatic heterocycles. The third-order valence-corrected chi connectivity index (χ3v) is 5.07. The maximum absolute atomic E-state index is 6.17. The Bertz CT molecular complexity index is 899. The van der Waals surface area contributed by atoms with E-state index in [-0.39, 0.29) is 11.6 Å². The van der Waals surface area contributed by atoms with E-state index in [2.05, 4.69) is 31.5 Å². The Morgan fingerprint density at radius 3 is 2.32 bits per heavy atom. The summed E-state index contributed by atoms with van der Waals surface area (Å²) in [6.45, 7) is 9.02. The second kappa shape index (κ2) is 7.74. The Morgan fingerprint density at radius 1 is 1.00 bits per heavy atom. The predicted octanol–water partition coefficient (Wildman–Crippen LogP) is 4.36. The van der Waals surface area contributed by atoms with Crippen molar-refractivity contribution in [2.24, 2.45) is 0 Å². The molecule has 28 heavy (non-hydrogen) atoms. The minimum atomic E-state index is -0.0779. The van der Waals surface area contributed by atoms with Crippen LogP contribution in [0, 0.1) is 0 Å². The van der Waals surface area contributed by atoms with Gasteiger partial charge < -0.3 is 18.9 Å². The summed E-state index contributed by atoms with van der Waals surface area (Å²) in [5, 5.41) is 0. The fourth-order valence-electron chi connectivity index (χ4n) is 3.32. The van der Waals surface area contributed by atoms with E-state index < -0.39 is 0 Å². The number of methoxy groups -OCH3 is 2. The molecule has 0 spiro atoms. The van der Waals surface area contributed by atoms with Crippen LogP contribution in [0.1, 0.15) is 33.3 Å². The Morgan fingerprint density at radius 2 is 1.75 bits per heavy atom. The molecule has 1 aliphatic rings. The van der Waals surface area contributed by atoms with Gasteiger partial charge >= 0.3 is 5.90 Å². The van der Waals surface area contributed by atoms with Crippen molar-refractivity contribution < 1.29 is 23.5 Å². The largest absolute Gasteiger partial charge is 0.497 e. The highest BCUT2D eigenvalue weighted by molar-refractivity contribution is 6.01. The van der Waals surface area contributed by atoms with E-state index in [4.69, 9.17) is 18.9 Å². The van der Waals surface area contributed by atoms with Crippen LogP contribution >= 0.6 is 0 Å². The Labute approximate surface area is 167 Å². The van der Waals surface area contributed by atoms with Gasteiger partial charge in [-0.05, 0) is 38.1 Å². The summed E-state index contributed by atoms with van der Waals surface area (Å²) < 4.78 is 25.5. The van der Waals surface area contributed by atoms with Crippen LogP contribution in [0.25, 0.3) is 11.1 Å². The molecule has 0 unspecified atom stereocenters.